The first-order valence-corrected chi connectivity index (χ1v) is 8.82. The standard InChI is InChI=1S/C18H18Br2O3/c1-3-21-14-4-6-15(7-5-14)23-17-9-8-16(12-13(17)2)22-11-10-18(19)20/h4-10,12H,3,11H2,1-2H3. The molecule has 0 atom stereocenters. The van der Waals surface area contributed by atoms with Crippen molar-refractivity contribution in [3.8, 4) is 23.0 Å². The minimum atomic E-state index is 0.490. The monoisotopic (exact) mass is 440 g/mol. The summed E-state index contributed by atoms with van der Waals surface area (Å²) in [5.74, 6) is 3.22. The molecule has 0 amide bonds. The quantitative estimate of drug-likeness (QED) is 0.512. The average molecular weight is 442 g/mol. The van der Waals surface area contributed by atoms with Crippen molar-refractivity contribution < 1.29 is 14.2 Å². The molecule has 5 heteroatoms. The van der Waals surface area contributed by atoms with E-state index in [1.165, 1.54) is 0 Å². The first-order chi connectivity index (χ1) is 11.1. The molecule has 2 aromatic rings. The second-order valence-corrected chi connectivity index (χ2v) is 7.51. The Labute approximate surface area is 153 Å². The van der Waals surface area contributed by atoms with Crippen LogP contribution in [0.4, 0.5) is 0 Å². The molecule has 0 fully saturated rings. The van der Waals surface area contributed by atoms with Crippen molar-refractivity contribution >= 4 is 31.9 Å². The predicted molar refractivity (Wildman–Crippen MR) is 100 cm³/mol. The van der Waals surface area contributed by atoms with Gasteiger partial charge in [-0.05, 0) is 99.8 Å². The highest BCUT2D eigenvalue weighted by Gasteiger charge is 2.04. The molecular weight excluding hydrogens is 424 g/mol. The first kappa shape index (κ1) is 17.9. The number of hydrogen-bond donors (Lipinski definition) is 0. The van der Waals surface area contributed by atoms with Crippen LogP contribution in [0.3, 0.4) is 0 Å². The van der Waals surface area contributed by atoms with E-state index < -0.39 is 0 Å². The SMILES string of the molecule is CCOc1ccc(Oc2ccc(OCC=C(Br)Br)cc2C)cc1. The van der Waals surface area contributed by atoms with Crippen LogP contribution in [-0.2, 0) is 0 Å². The summed E-state index contributed by atoms with van der Waals surface area (Å²) in [6.07, 6.45) is 1.89. The second-order valence-electron chi connectivity index (χ2n) is 4.74. The maximum atomic E-state index is 5.90. The third kappa shape index (κ3) is 5.92. The van der Waals surface area contributed by atoms with Gasteiger partial charge in [0.25, 0.3) is 0 Å². The van der Waals surface area contributed by atoms with Crippen LogP contribution in [0, 0.1) is 6.92 Å². The van der Waals surface area contributed by atoms with Crippen LogP contribution < -0.4 is 14.2 Å². The molecule has 0 aliphatic rings. The predicted octanol–water partition coefficient (Wildman–Crippen LogP) is 6.20. The van der Waals surface area contributed by atoms with Crippen molar-refractivity contribution in [1.29, 1.82) is 0 Å². The number of hydrogen-bond acceptors (Lipinski definition) is 3. The van der Waals surface area contributed by atoms with Crippen LogP contribution in [0.15, 0.2) is 51.9 Å². The highest BCUT2D eigenvalue weighted by molar-refractivity contribution is 9.28. The second kappa shape index (κ2) is 8.99. The maximum Gasteiger partial charge on any atom is 0.130 e. The lowest BCUT2D eigenvalue weighted by Crippen LogP contribution is -1.95. The molecule has 0 N–H and O–H groups in total. The van der Waals surface area contributed by atoms with E-state index >= 15 is 0 Å². The smallest absolute Gasteiger partial charge is 0.130 e. The van der Waals surface area contributed by atoms with Gasteiger partial charge in [-0.3, -0.25) is 0 Å². The Balaban J connectivity index is 2.01. The van der Waals surface area contributed by atoms with Gasteiger partial charge in [0, 0.05) is 0 Å². The molecule has 0 spiro atoms. The van der Waals surface area contributed by atoms with E-state index in [1.807, 2.05) is 62.4 Å². The van der Waals surface area contributed by atoms with Crippen molar-refractivity contribution in [2.45, 2.75) is 13.8 Å². The van der Waals surface area contributed by atoms with Gasteiger partial charge >= 0.3 is 0 Å². The molecule has 2 rings (SSSR count). The topological polar surface area (TPSA) is 27.7 Å². The molecular formula is C18H18Br2O3. The number of halogens is 2. The number of aryl methyl sites for hydroxylation is 1. The Morgan fingerprint density at radius 3 is 2.22 bits per heavy atom. The van der Waals surface area contributed by atoms with Crippen molar-refractivity contribution in [1.82, 2.24) is 0 Å². The van der Waals surface area contributed by atoms with E-state index in [2.05, 4.69) is 31.9 Å². The van der Waals surface area contributed by atoms with E-state index in [1.54, 1.807) is 0 Å². The van der Waals surface area contributed by atoms with Crippen LogP contribution >= 0.6 is 31.9 Å². The first-order valence-electron chi connectivity index (χ1n) is 7.24. The Morgan fingerprint density at radius 2 is 1.61 bits per heavy atom. The zero-order chi connectivity index (χ0) is 16.7. The Kier molecular flexibility index (Phi) is 6.99. The Hall–Kier alpha value is -1.46. The van der Waals surface area contributed by atoms with Crippen LogP contribution in [0.2, 0.25) is 0 Å². The van der Waals surface area contributed by atoms with Gasteiger partial charge < -0.3 is 14.2 Å². The van der Waals surface area contributed by atoms with E-state index in [-0.39, 0.29) is 0 Å². The Bertz CT molecular complexity index is 662. The third-order valence-electron chi connectivity index (χ3n) is 3.00. The van der Waals surface area contributed by atoms with Gasteiger partial charge in [0.05, 0.1) is 10.00 Å². The average Bonchev–Trinajstić information content (AvgIpc) is 2.52. The van der Waals surface area contributed by atoms with Crippen LogP contribution in [0.25, 0.3) is 0 Å². The van der Waals surface area contributed by atoms with Crippen molar-refractivity contribution in [3.63, 3.8) is 0 Å². The molecule has 0 aliphatic carbocycles. The molecule has 3 nitrogen and oxygen atoms in total. The van der Waals surface area contributed by atoms with Gasteiger partial charge in [-0.2, -0.15) is 0 Å². The molecule has 0 saturated carbocycles. The summed E-state index contributed by atoms with van der Waals surface area (Å²) < 4.78 is 17.8. The molecule has 0 heterocycles. The summed E-state index contributed by atoms with van der Waals surface area (Å²) in [6, 6.07) is 13.4. The summed E-state index contributed by atoms with van der Waals surface area (Å²) in [5.41, 5.74) is 1.01. The lowest BCUT2D eigenvalue weighted by Gasteiger charge is -2.11. The van der Waals surface area contributed by atoms with Gasteiger partial charge in [0.2, 0.25) is 0 Å². The number of benzene rings is 2. The minimum absolute atomic E-state index is 0.490. The van der Waals surface area contributed by atoms with Crippen LogP contribution in [-0.4, -0.2) is 13.2 Å². The van der Waals surface area contributed by atoms with Crippen LogP contribution in [0.5, 0.6) is 23.0 Å². The molecule has 0 aliphatic heterocycles. The van der Waals surface area contributed by atoms with Crippen LogP contribution in [0.1, 0.15) is 12.5 Å². The normalized spacial score (nSPS) is 10.1. The molecule has 23 heavy (non-hydrogen) atoms. The number of ether oxygens (including phenoxy) is 3. The van der Waals surface area contributed by atoms with E-state index in [4.69, 9.17) is 14.2 Å². The third-order valence-corrected chi connectivity index (χ3v) is 3.64. The molecule has 0 radical (unpaired) electrons. The molecule has 2 aromatic carbocycles. The summed E-state index contributed by atoms with van der Waals surface area (Å²) in [4.78, 5) is 0. The molecule has 0 unspecified atom stereocenters. The highest BCUT2D eigenvalue weighted by Crippen LogP contribution is 2.29. The van der Waals surface area contributed by atoms with E-state index in [0.717, 1.165) is 32.0 Å². The summed E-state index contributed by atoms with van der Waals surface area (Å²) in [7, 11) is 0. The maximum absolute atomic E-state index is 5.90. The molecule has 0 bridgehead atoms. The van der Waals surface area contributed by atoms with Crippen molar-refractivity contribution in [2.75, 3.05) is 13.2 Å². The van der Waals surface area contributed by atoms with Crippen molar-refractivity contribution in [2.24, 2.45) is 0 Å². The zero-order valence-corrected chi connectivity index (χ0v) is 16.2. The fourth-order valence-electron chi connectivity index (χ4n) is 1.92. The lowest BCUT2D eigenvalue weighted by atomic mass is 10.2. The molecule has 0 saturated heterocycles. The molecule has 122 valence electrons. The molecule has 0 aromatic heterocycles. The fourth-order valence-corrected chi connectivity index (χ4v) is 2.19. The zero-order valence-electron chi connectivity index (χ0n) is 13.0. The van der Waals surface area contributed by atoms with Gasteiger partial charge in [-0.1, -0.05) is 0 Å². The van der Waals surface area contributed by atoms with Gasteiger partial charge in [0.1, 0.15) is 29.6 Å². The van der Waals surface area contributed by atoms with Gasteiger partial charge in [-0.25, -0.2) is 0 Å². The van der Waals surface area contributed by atoms with E-state index in [0.29, 0.717) is 13.2 Å². The van der Waals surface area contributed by atoms with E-state index in [9.17, 15) is 0 Å². The summed E-state index contributed by atoms with van der Waals surface area (Å²) >= 11 is 6.59. The minimum Gasteiger partial charge on any atom is -0.494 e. The van der Waals surface area contributed by atoms with Gasteiger partial charge in [-0.15, -0.1) is 0 Å². The fraction of sp³-hybridized carbons (Fsp3) is 0.222. The highest BCUT2D eigenvalue weighted by atomic mass is 79.9. The van der Waals surface area contributed by atoms with Crippen molar-refractivity contribution in [3.05, 3.63) is 57.5 Å². The summed E-state index contributed by atoms with van der Waals surface area (Å²) in [6.45, 7) is 5.10. The Morgan fingerprint density at radius 1 is 0.957 bits per heavy atom. The summed E-state index contributed by atoms with van der Waals surface area (Å²) in [5, 5.41) is 0. The van der Waals surface area contributed by atoms with Gasteiger partial charge in [0.15, 0.2) is 0 Å². The largest absolute Gasteiger partial charge is 0.494 e. The number of rotatable bonds is 7. The lowest BCUT2D eigenvalue weighted by molar-refractivity contribution is 0.339.